The summed E-state index contributed by atoms with van der Waals surface area (Å²) in [6.45, 7) is 0.221. The highest BCUT2D eigenvalue weighted by Crippen LogP contribution is 2.28. The van der Waals surface area contributed by atoms with Gasteiger partial charge in [-0.2, -0.15) is 5.10 Å². The number of carbonyl (C=O) groups excluding carboxylic acids is 1. The molecule has 0 radical (unpaired) electrons. The van der Waals surface area contributed by atoms with Gasteiger partial charge in [-0.1, -0.05) is 17.7 Å². The summed E-state index contributed by atoms with van der Waals surface area (Å²) in [5.41, 5.74) is 0.323. The summed E-state index contributed by atoms with van der Waals surface area (Å²) in [6, 6.07) is 5.97. The van der Waals surface area contributed by atoms with Crippen molar-refractivity contribution in [2.75, 3.05) is 0 Å². The van der Waals surface area contributed by atoms with Crippen molar-refractivity contribution >= 4 is 23.2 Å². The number of nitro groups is 1. The van der Waals surface area contributed by atoms with Gasteiger partial charge in [0.05, 0.1) is 17.2 Å². The minimum Gasteiger partial charge on any atom is -0.346 e. The molecule has 0 fully saturated rings. The first-order valence-corrected chi connectivity index (χ1v) is 6.06. The fraction of sp³-hybridized carbons (Fsp3) is 0.167. The molecule has 8 heteroatoms. The van der Waals surface area contributed by atoms with Gasteiger partial charge in [-0.05, 0) is 18.2 Å². The minimum atomic E-state index is -0.665. The molecule has 0 atom stereocenters. The van der Waals surface area contributed by atoms with Crippen molar-refractivity contribution in [1.29, 1.82) is 0 Å². The van der Waals surface area contributed by atoms with E-state index >= 15 is 0 Å². The molecule has 0 aliphatic carbocycles. The Balaban J connectivity index is 2.20. The second kappa shape index (κ2) is 5.70. The molecule has 0 spiro atoms. The number of nitrogens with one attached hydrogen (secondary N) is 1. The number of halogens is 1. The maximum absolute atomic E-state index is 12.0. The number of para-hydroxylation sites is 1. The number of hydrogen-bond donors (Lipinski definition) is 1. The fourth-order valence-electron chi connectivity index (χ4n) is 1.72. The smallest absolute Gasteiger partial charge is 0.300 e. The third-order valence-electron chi connectivity index (χ3n) is 2.77. The molecule has 2 rings (SSSR count). The largest absolute Gasteiger partial charge is 0.346 e. The second-order valence-electron chi connectivity index (χ2n) is 4.02. The summed E-state index contributed by atoms with van der Waals surface area (Å²) in [7, 11) is 1.74. The molecule has 1 aromatic carbocycles. The van der Waals surface area contributed by atoms with E-state index in [-0.39, 0.29) is 17.1 Å². The zero-order chi connectivity index (χ0) is 14.7. The van der Waals surface area contributed by atoms with Crippen molar-refractivity contribution in [3.05, 3.63) is 56.9 Å². The first-order chi connectivity index (χ1) is 9.50. The van der Waals surface area contributed by atoms with Gasteiger partial charge in [0, 0.05) is 13.2 Å². The third kappa shape index (κ3) is 2.77. The molecule has 0 unspecified atom stereocenters. The summed E-state index contributed by atoms with van der Waals surface area (Å²) in [6.07, 6.45) is 1.60. The number of nitro benzene ring substituents is 1. The Bertz CT molecular complexity index is 668. The van der Waals surface area contributed by atoms with Gasteiger partial charge in [0.25, 0.3) is 5.91 Å². The normalized spacial score (nSPS) is 10.3. The van der Waals surface area contributed by atoms with Crippen LogP contribution in [0.3, 0.4) is 0 Å². The molecule has 7 nitrogen and oxygen atoms in total. The number of rotatable bonds is 4. The summed E-state index contributed by atoms with van der Waals surface area (Å²) in [5, 5.41) is 17.5. The van der Waals surface area contributed by atoms with Crippen molar-refractivity contribution in [3.63, 3.8) is 0 Å². The van der Waals surface area contributed by atoms with E-state index in [1.807, 2.05) is 0 Å². The van der Waals surface area contributed by atoms with Crippen molar-refractivity contribution in [2.24, 2.45) is 7.05 Å². The van der Waals surface area contributed by atoms with Gasteiger partial charge in [0.15, 0.2) is 0 Å². The summed E-state index contributed by atoms with van der Waals surface area (Å²) >= 11 is 5.76. The van der Waals surface area contributed by atoms with Crippen LogP contribution in [0, 0.1) is 10.1 Å². The lowest BCUT2D eigenvalue weighted by Gasteiger charge is -2.06. The van der Waals surface area contributed by atoms with Gasteiger partial charge in [-0.3, -0.25) is 19.6 Å². The molecule has 1 heterocycles. The van der Waals surface area contributed by atoms with Crippen molar-refractivity contribution in [3.8, 4) is 0 Å². The molecule has 1 N–H and O–H groups in total. The number of hydrogen-bond acceptors (Lipinski definition) is 4. The van der Waals surface area contributed by atoms with Crippen LogP contribution in [0.1, 0.15) is 16.1 Å². The Hall–Kier alpha value is -2.41. The fourth-order valence-corrected chi connectivity index (χ4v) is 1.97. The van der Waals surface area contributed by atoms with E-state index in [0.717, 1.165) is 5.69 Å². The zero-order valence-electron chi connectivity index (χ0n) is 10.5. The van der Waals surface area contributed by atoms with Gasteiger partial charge in [-0.15, -0.1) is 0 Å². The van der Waals surface area contributed by atoms with Gasteiger partial charge in [-0.25, -0.2) is 0 Å². The van der Waals surface area contributed by atoms with Gasteiger partial charge >= 0.3 is 5.69 Å². The molecular formula is C12H11ClN4O3. The summed E-state index contributed by atoms with van der Waals surface area (Å²) in [5.74, 6) is -0.555. The summed E-state index contributed by atoms with van der Waals surface area (Å²) < 4.78 is 1.60. The van der Waals surface area contributed by atoms with E-state index in [0.29, 0.717) is 0 Å². The Labute approximate surface area is 119 Å². The molecule has 0 saturated carbocycles. The molecular weight excluding hydrogens is 284 g/mol. The predicted molar refractivity (Wildman–Crippen MR) is 72.5 cm³/mol. The predicted octanol–water partition coefficient (Wildman–Crippen LogP) is 1.91. The van der Waals surface area contributed by atoms with Crippen LogP contribution in [-0.4, -0.2) is 20.6 Å². The lowest BCUT2D eigenvalue weighted by atomic mass is 10.1. The lowest BCUT2D eigenvalue weighted by Crippen LogP contribution is -2.24. The average Bonchev–Trinajstić information content (AvgIpc) is 2.80. The Kier molecular flexibility index (Phi) is 3.99. The van der Waals surface area contributed by atoms with Crippen LogP contribution >= 0.6 is 11.6 Å². The van der Waals surface area contributed by atoms with Gasteiger partial charge < -0.3 is 5.32 Å². The topological polar surface area (TPSA) is 90.1 Å². The number of aryl methyl sites for hydroxylation is 1. The number of nitrogens with zero attached hydrogens (tertiary/aromatic N) is 3. The molecule has 20 heavy (non-hydrogen) atoms. The molecule has 0 aliphatic heterocycles. The summed E-state index contributed by atoms with van der Waals surface area (Å²) in [4.78, 5) is 22.3. The van der Waals surface area contributed by atoms with Crippen LogP contribution in [0.15, 0.2) is 30.5 Å². The Morgan fingerprint density at radius 3 is 2.85 bits per heavy atom. The average molecular weight is 295 g/mol. The molecule has 0 saturated heterocycles. The lowest BCUT2D eigenvalue weighted by molar-refractivity contribution is -0.385. The van der Waals surface area contributed by atoms with E-state index < -0.39 is 16.5 Å². The third-order valence-corrected chi connectivity index (χ3v) is 3.07. The highest BCUT2D eigenvalue weighted by molar-refractivity contribution is 6.33. The second-order valence-corrected chi connectivity index (χ2v) is 4.43. The van der Waals surface area contributed by atoms with E-state index in [2.05, 4.69) is 10.4 Å². The number of benzene rings is 1. The van der Waals surface area contributed by atoms with Crippen LogP contribution in [-0.2, 0) is 13.6 Å². The van der Waals surface area contributed by atoms with Crippen molar-refractivity contribution < 1.29 is 9.72 Å². The van der Waals surface area contributed by atoms with Crippen molar-refractivity contribution in [2.45, 2.75) is 6.54 Å². The molecule has 1 aromatic heterocycles. The van der Waals surface area contributed by atoms with Crippen LogP contribution in [0.4, 0.5) is 5.69 Å². The van der Waals surface area contributed by atoms with Gasteiger partial charge in [0.1, 0.15) is 10.6 Å². The number of amides is 1. The Morgan fingerprint density at radius 1 is 1.50 bits per heavy atom. The molecule has 0 bridgehead atoms. The number of carbonyl (C=O) groups is 1. The van der Waals surface area contributed by atoms with Crippen molar-refractivity contribution in [1.82, 2.24) is 15.1 Å². The first-order valence-electron chi connectivity index (χ1n) is 5.68. The van der Waals surface area contributed by atoms with Crippen LogP contribution in [0.5, 0.6) is 0 Å². The first kappa shape index (κ1) is 14.0. The maximum Gasteiger partial charge on any atom is 0.300 e. The van der Waals surface area contributed by atoms with Crippen LogP contribution in [0.2, 0.25) is 5.02 Å². The van der Waals surface area contributed by atoms with E-state index in [4.69, 9.17) is 11.6 Å². The van der Waals surface area contributed by atoms with Crippen LogP contribution in [0.25, 0.3) is 0 Å². The van der Waals surface area contributed by atoms with E-state index in [1.54, 1.807) is 24.0 Å². The standard InChI is InChI=1S/C12H11ClN4O3/c1-16-8(5-6-15-16)7-14-12(18)9-3-2-4-10(13)11(9)17(19)20/h2-6H,7H2,1H3,(H,14,18). The van der Waals surface area contributed by atoms with E-state index in [1.165, 1.54) is 18.2 Å². The monoisotopic (exact) mass is 294 g/mol. The molecule has 104 valence electrons. The quantitative estimate of drug-likeness (QED) is 0.689. The Morgan fingerprint density at radius 2 is 2.25 bits per heavy atom. The molecule has 0 aliphatic rings. The minimum absolute atomic E-state index is 0.0651. The maximum atomic E-state index is 12.0. The van der Waals surface area contributed by atoms with Gasteiger partial charge in [0.2, 0.25) is 0 Å². The zero-order valence-corrected chi connectivity index (χ0v) is 11.3. The van der Waals surface area contributed by atoms with E-state index in [9.17, 15) is 14.9 Å². The van der Waals surface area contributed by atoms with Crippen LogP contribution < -0.4 is 5.32 Å². The molecule has 2 aromatic rings. The number of aromatic nitrogens is 2. The molecule has 1 amide bonds. The highest BCUT2D eigenvalue weighted by Gasteiger charge is 2.23. The SMILES string of the molecule is Cn1nccc1CNC(=O)c1cccc(Cl)c1[N+](=O)[O-]. The highest BCUT2D eigenvalue weighted by atomic mass is 35.5.